The lowest BCUT2D eigenvalue weighted by Crippen LogP contribution is -2.24. The van der Waals surface area contributed by atoms with E-state index in [1.54, 1.807) is 12.1 Å². The average molecular weight is 462 g/mol. The number of benzene rings is 2. The van der Waals surface area contributed by atoms with Crippen molar-refractivity contribution in [3.05, 3.63) is 52.3 Å². The number of ether oxygens (including phenoxy) is 2. The molecule has 2 N–H and O–H groups in total. The molecule has 0 aliphatic carbocycles. The number of terminal acetylenes is 1. The number of hydrazone groups is 1. The van der Waals surface area contributed by atoms with Gasteiger partial charge in [0, 0.05) is 5.69 Å². The molecule has 0 heterocycles. The Balaban J connectivity index is 1.92. The molecule has 0 unspecified atom stereocenters. The molecule has 0 bridgehead atoms. The number of carbonyl (C=O) groups excluding carboxylic acids is 2. The molecule has 29 heavy (non-hydrogen) atoms. The van der Waals surface area contributed by atoms with E-state index in [9.17, 15) is 14.0 Å². The summed E-state index contributed by atoms with van der Waals surface area (Å²) in [5.74, 6) is 1.66. The summed E-state index contributed by atoms with van der Waals surface area (Å²) in [6.07, 6.45) is 6.13. The molecule has 2 aromatic carbocycles. The molecule has 2 amide bonds. The zero-order chi connectivity index (χ0) is 21.2. The largest absolute Gasteiger partial charge is 0.493 e. The van der Waals surface area contributed by atoms with Crippen LogP contribution >= 0.6 is 15.9 Å². The Hall–Kier alpha value is -3.38. The van der Waals surface area contributed by atoms with Gasteiger partial charge in [0.2, 0.25) is 11.8 Å². The second-order valence-corrected chi connectivity index (χ2v) is 6.41. The van der Waals surface area contributed by atoms with Crippen molar-refractivity contribution < 1.29 is 23.5 Å². The van der Waals surface area contributed by atoms with Crippen molar-refractivity contribution >= 4 is 39.6 Å². The van der Waals surface area contributed by atoms with Gasteiger partial charge in [-0.05, 0) is 57.9 Å². The minimum absolute atomic E-state index is 0.0818. The summed E-state index contributed by atoms with van der Waals surface area (Å²) < 4.78 is 24.1. The van der Waals surface area contributed by atoms with E-state index in [4.69, 9.17) is 15.9 Å². The van der Waals surface area contributed by atoms with E-state index in [1.165, 1.54) is 37.6 Å². The van der Waals surface area contributed by atoms with Gasteiger partial charge in [-0.25, -0.2) is 9.82 Å². The average Bonchev–Trinajstić information content (AvgIpc) is 2.68. The third-order valence-corrected chi connectivity index (χ3v) is 3.99. The lowest BCUT2D eigenvalue weighted by atomic mass is 10.2. The van der Waals surface area contributed by atoms with Crippen molar-refractivity contribution in [2.24, 2.45) is 5.10 Å². The van der Waals surface area contributed by atoms with Crippen molar-refractivity contribution in [1.82, 2.24) is 5.43 Å². The van der Waals surface area contributed by atoms with Gasteiger partial charge in [0.15, 0.2) is 11.5 Å². The molecule has 2 aromatic rings. The van der Waals surface area contributed by atoms with Crippen molar-refractivity contribution in [3.8, 4) is 23.8 Å². The monoisotopic (exact) mass is 461 g/mol. The zero-order valence-electron chi connectivity index (χ0n) is 15.4. The summed E-state index contributed by atoms with van der Waals surface area (Å²) in [7, 11) is 1.48. The minimum atomic E-state index is -0.610. The lowest BCUT2D eigenvalue weighted by molar-refractivity contribution is -0.126. The van der Waals surface area contributed by atoms with E-state index in [2.05, 4.69) is 37.7 Å². The summed E-state index contributed by atoms with van der Waals surface area (Å²) in [4.78, 5) is 23.7. The van der Waals surface area contributed by atoms with Crippen LogP contribution in [0.4, 0.5) is 10.1 Å². The Morgan fingerprint density at radius 2 is 2.00 bits per heavy atom. The van der Waals surface area contributed by atoms with Gasteiger partial charge in [-0.3, -0.25) is 9.59 Å². The van der Waals surface area contributed by atoms with Gasteiger partial charge in [0.05, 0.1) is 17.8 Å². The molecule has 0 fully saturated rings. The van der Waals surface area contributed by atoms with Crippen LogP contribution in [0.1, 0.15) is 12.0 Å². The number of hydrogen-bond donors (Lipinski definition) is 2. The molecular formula is C20H17BrFN3O4. The van der Waals surface area contributed by atoms with E-state index in [-0.39, 0.29) is 6.61 Å². The molecule has 150 valence electrons. The van der Waals surface area contributed by atoms with E-state index in [1.807, 2.05) is 0 Å². The number of hydrogen-bond acceptors (Lipinski definition) is 5. The second-order valence-electron chi connectivity index (χ2n) is 5.55. The molecule has 0 saturated heterocycles. The lowest BCUT2D eigenvalue weighted by Gasteiger charge is -2.11. The highest BCUT2D eigenvalue weighted by Gasteiger charge is 2.12. The number of nitrogens with zero attached hydrogens (tertiary/aromatic N) is 1. The van der Waals surface area contributed by atoms with Crippen LogP contribution in [0.5, 0.6) is 11.5 Å². The summed E-state index contributed by atoms with van der Waals surface area (Å²) in [6.45, 7) is 0.0818. The highest BCUT2D eigenvalue weighted by atomic mass is 79.9. The smallest absolute Gasteiger partial charge is 0.249 e. The summed E-state index contributed by atoms with van der Waals surface area (Å²) in [6, 6.07) is 8.54. The molecule has 2 rings (SSSR count). The standard InChI is InChI=1S/C20H17BrFN3O4/c1-3-8-29-20-16(21)9-13(10-17(20)28-2)12-23-25-19(27)11-18(26)24-15-6-4-14(22)5-7-15/h1,4-7,9-10,12H,8,11H2,2H3,(H,24,26)(H,25,27). The van der Waals surface area contributed by atoms with Crippen LogP contribution in [-0.2, 0) is 9.59 Å². The van der Waals surface area contributed by atoms with Crippen molar-refractivity contribution in [1.29, 1.82) is 0 Å². The molecule has 0 radical (unpaired) electrons. The van der Waals surface area contributed by atoms with E-state index < -0.39 is 24.1 Å². The van der Waals surface area contributed by atoms with Crippen molar-refractivity contribution in [2.45, 2.75) is 6.42 Å². The third kappa shape index (κ3) is 6.93. The summed E-state index contributed by atoms with van der Waals surface area (Å²) in [5, 5.41) is 6.30. The fourth-order valence-electron chi connectivity index (χ4n) is 2.17. The number of rotatable bonds is 8. The zero-order valence-corrected chi connectivity index (χ0v) is 17.0. The molecule has 0 saturated carbocycles. The first-order valence-corrected chi connectivity index (χ1v) is 9.03. The second kappa shape index (κ2) is 10.8. The Labute approximate surface area is 175 Å². The maximum absolute atomic E-state index is 12.8. The Morgan fingerprint density at radius 3 is 2.66 bits per heavy atom. The first-order chi connectivity index (χ1) is 13.9. The van der Waals surface area contributed by atoms with Crippen LogP contribution < -0.4 is 20.2 Å². The first-order valence-electron chi connectivity index (χ1n) is 8.24. The molecule has 0 atom stereocenters. The molecule has 0 aromatic heterocycles. The SMILES string of the molecule is C#CCOc1c(Br)cc(C=NNC(=O)CC(=O)Nc2ccc(F)cc2)cc1OC. The fourth-order valence-corrected chi connectivity index (χ4v) is 2.74. The topological polar surface area (TPSA) is 89.0 Å². The number of methoxy groups -OCH3 is 1. The van der Waals surface area contributed by atoms with E-state index >= 15 is 0 Å². The fraction of sp³-hybridized carbons (Fsp3) is 0.150. The van der Waals surface area contributed by atoms with E-state index in [0.717, 1.165) is 0 Å². The summed E-state index contributed by atoms with van der Waals surface area (Å²) >= 11 is 3.36. The normalized spacial score (nSPS) is 10.3. The van der Waals surface area contributed by atoms with E-state index in [0.29, 0.717) is 27.2 Å². The predicted molar refractivity (Wildman–Crippen MR) is 110 cm³/mol. The van der Waals surface area contributed by atoms with Gasteiger partial charge in [-0.2, -0.15) is 5.10 Å². The van der Waals surface area contributed by atoms with Crippen molar-refractivity contribution in [2.75, 3.05) is 19.0 Å². The van der Waals surface area contributed by atoms with Gasteiger partial charge in [-0.15, -0.1) is 6.42 Å². The van der Waals surface area contributed by atoms with Gasteiger partial charge >= 0.3 is 0 Å². The third-order valence-electron chi connectivity index (χ3n) is 3.40. The number of carbonyl (C=O) groups is 2. The number of halogens is 2. The number of anilines is 1. The predicted octanol–water partition coefficient (Wildman–Crippen LogP) is 3.09. The van der Waals surface area contributed by atoms with Gasteiger partial charge < -0.3 is 14.8 Å². The van der Waals surface area contributed by atoms with Crippen LogP contribution in [0.15, 0.2) is 46.0 Å². The Bertz CT molecular complexity index is 955. The van der Waals surface area contributed by atoms with Gasteiger partial charge in [0.25, 0.3) is 0 Å². The van der Waals surface area contributed by atoms with Gasteiger partial charge in [-0.1, -0.05) is 5.92 Å². The van der Waals surface area contributed by atoms with Crippen molar-refractivity contribution in [3.63, 3.8) is 0 Å². The van der Waals surface area contributed by atoms with Crippen LogP contribution in [0.2, 0.25) is 0 Å². The molecule has 9 heteroatoms. The molecule has 0 spiro atoms. The minimum Gasteiger partial charge on any atom is -0.493 e. The molecule has 0 aliphatic rings. The molecule has 7 nitrogen and oxygen atoms in total. The quantitative estimate of drug-likeness (QED) is 0.273. The number of amides is 2. The Morgan fingerprint density at radius 1 is 1.28 bits per heavy atom. The first kappa shape index (κ1) is 21.9. The van der Waals surface area contributed by atoms with Crippen LogP contribution in [0.25, 0.3) is 0 Å². The highest BCUT2D eigenvalue weighted by Crippen LogP contribution is 2.36. The van der Waals surface area contributed by atoms with Crippen LogP contribution in [0, 0.1) is 18.2 Å². The van der Waals surface area contributed by atoms with Crippen LogP contribution in [-0.4, -0.2) is 31.7 Å². The number of nitrogens with one attached hydrogen (secondary N) is 2. The Kier molecular flexibility index (Phi) is 8.18. The molecular weight excluding hydrogens is 445 g/mol. The summed E-state index contributed by atoms with van der Waals surface area (Å²) in [5.41, 5.74) is 3.25. The van der Waals surface area contributed by atoms with Crippen LogP contribution in [0.3, 0.4) is 0 Å². The maximum atomic E-state index is 12.8. The maximum Gasteiger partial charge on any atom is 0.249 e. The molecule has 0 aliphatic heterocycles. The highest BCUT2D eigenvalue weighted by molar-refractivity contribution is 9.10. The van der Waals surface area contributed by atoms with Gasteiger partial charge in [0.1, 0.15) is 18.8 Å².